The molecular formula is C15H29NO2. The SMILES string of the molecule is CC(C)C1CC(NC2CCCCC2CO)CCO1. The van der Waals surface area contributed by atoms with E-state index < -0.39 is 0 Å². The molecule has 18 heavy (non-hydrogen) atoms. The summed E-state index contributed by atoms with van der Waals surface area (Å²) in [6.07, 6.45) is 7.67. The van der Waals surface area contributed by atoms with Gasteiger partial charge in [0.2, 0.25) is 0 Å². The van der Waals surface area contributed by atoms with Crippen LogP contribution in [0.4, 0.5) is 0 Å². The lowest BCUT2D eigenvalue weighted by molar-refractivity contribution is -0.0285. The van der Waals surface area contributed by atoms with Crippen molar-refractivity contribution >= 4 is 0 Å². The summed E-state index contributed by atoms with van der Waals surface area (Å²) in [4.78, 5) is 0. The fourth-order valence-corrected chi connectivity index (χ4v) is 3.39. The molecule has 2 N–H and O–H groups in total. The summed E-state index contributed by atoms with van der Waals surface area (Å²) in [6, 6.07) is 1.11. The average Bonchev–Trinajstić information content (AvgIpc) is 2.39. The molecule has 2 rings (SSSR count). The fourth-order valence-electron chi connectivity index (χ4n) is 3.39. The van der Waals surface area contributed by atoms with Gasteiger partial charge in [0.25, 0.3) is 0 Å². The Kier molecular flexibility index (Phi) is 5.46. The molecule has 2 fully saturated rings. The summed E-state index contributed by atoms with van der Waals surface area (Å²) in [6.45, 7) is 5.71. The molecule has 4 unspecified atom stereocenters. The quantitative estimate of drug-likeness (QED) is 0.810. The molecule has 1 aliphatic heterocycles. The Hall–Kier alpha value is -0.120. The van der Waals surface area contributed by atoms with Crippen LogP contribution in [0.2, 0.25) is 0 Å². The highest BCUT2D eigenvalue weighted by Crippen LogP contribution is 2.27. The maximum Gasteiger partial charge on any atom is 0.0612 e. The van der Waals surface area contributed by atoms with Crippen LogP contribution in [0.15, 0.2) is 0 Å². The lowest BCUT2D eigenvalue weighted by Crippen LogP contribution is -2.49. The van der Waals surface area contributed by atoms with Crippen molar-refractivity contribution in [2.45, 2.75) is 70.6 Å². The van der Waals surface area contributed by atoms with Crippen molar-refractivity contribution < 1.29 is 9.84 Å². The van der Waals surface area contributed by atoms with E-state index in [0.717, 1.165) is 19.4 Å². The van der Waals surface area contributed by atoms with E-state index in [0.29, 0.717) is 36.6 Å². The highest BCUT2D eigenvalue weighted by atomic mass is 16.5. The summed E-state index contributed by atoms with van der Waals surface area (Å²) in [5, 5.41) is 13.3. The topological polar surface area (TPSA) is 41.5 Å². The molecule has 3 heteroatoms. The lowest BCUT2D eigenvalue weighted by Gasteiger charge is -2.38. The van der Waals surface area contributed by atoms with Crippen LogP contribution < -0.4 is 5.32 Å². The van der Waals surface area contributed by atoms with Crippen molar-refractivity contribution in [3.63, 3.8) is 0 Å². The number of rotatable bonds is 4. The largest absolute Gasteiger partial charge is 0.396 e. The first kappa shape index (κ1) is 14.3. The van der Waals surface area contributed by atoms with Crippen molar-refractivity contribution in [3.05, 3.63) is 0 Å². The van der Waals surface area contributed by atoms with Crippen molar-refractivity contribution in [1.29, 1.82) is 0 Å². The van der Waals surface area contributed by atoms with Crippen LogP contribution in [0.5, 0.6) is 0 Å². The Balaban J connectivity index is 1.84. The van der Waals surface area contributed by atoms with Gasteiger partial charge in [0.05, 0.1) is 6.10 Å². The summed E-state index contributed by atoms with van der Waals surface area (Å²) in [5.74, 6) is 1.08. The minimum absolute atomic E-state index is 0.342. The third kappa shape index (κ3) is 3.69. The first-order valence-corrected chi connectivity index (χ1v) is 7.69. The number of aliphatic hydroxyl groups excluding tert-OH is 1. The maximum absolute atomic E-state index is 9.47. The first-order valence-electron chi connectivity index (χ1n) is 7.69. The monoisotopic (exact) mass is 255 g/mol. The minimum Gasteiger partial charge on any atom is -0.396 e. The first-order chi connectivity index (χ1) is 8.70. The van der Waals surface area contributed by atoms with Gasteiger partial charge in [0.1, 0.15) is 0 Å². The van der Waals surface area contributed by atoms with E-state index in [1.807, 2.05) is 0 Å². The van der Waals surface area contributed by atoms with Gasteiger partial charge in [-0.05, 0) is 37.5 Å². The molecule has 1 aliphatic carbocycles. The van der Waals surface area contributed by atoms with Crippen LogP contribution >= 0.6 is 0 Å². The molecule has 106 valence electrons. The van der Waals surface area contributed by atoms with Gasteiger partial charge in [0.15, 0.2) is 0 Å². The zero-order chi connectivity index (χ0) is 13.0. The molecular weight excluding hydrogens is 226 g/mol. The molecule has 0 amide bonds. The van der Waals surface area contributed by atoms with Crippen molar-refractivity contribution in [1.82, 2.24) is 5.32 Å². The number of ether oxygens (including phenoxy) is 1. The zero-order valence-corrected chi connectivity index (χ0v) is 11.9. The lowest BCUT2D eigenvalue weighted by atomic mass is 9.84. The fraction of sp³-hybridized carbons (Fsp3) is 1.00. The van der Waals surface area contributed by atoms with E-state index in [1.54, 1.807) is 0 Å². The van der Waals surface area contributed by atoms with Crippen LogP contribution in [0.3, 0.4) is 0 Å². The second-order valence-corrected chi connectivity index (χ2v) is 6.37. The molecule has 0 bridgehead atoms. The van der Waals surface area contributed by atoms with E-state index in [-0.39, 0.29) is 0 Å². The highest BCUT2D eigenvalue weighted by molar-refractivity contribution is 4.86. The smallest absolute Gasteiger partial charge is 0.0612 e. The standard InChI is InChI=1S/C15H29NO2/c1-11(2)15-9-13(7-8-18-15)16-14-6-4-3-5-12(14)10-17/h11-17H,3-10H2,1-2H3. The predicted molar refractivity (Wildman–Crippen MR) is 73.6 cm³/mol. The van der Waals surface area contributed by atoms with Crippen LogP contribution in [-0.2, 0) is 4.74 Å². The predicted octanol–water partition coefficient (Wildman–Crippen LogP) is 2.33. The molecule has 4 atom stereocenters. The van der Waals surface area contributed by atoms with Gasteiger partial charge >= 0.3 is 0 Å². The average molecular weight is 255 g/mol. The van der Waals surface area contributed by atoms with Crippen molar-refractivity contribution in [3.8, 4) is 0 Å². The van der Waals surface area contributed by atoms with E-state index in [9.17, 15) is 5.11 Å². The summed E-state index contributed by atoms with van der Waals surface area (Å²) >= 11 is 0. The molecule has 0 aromatic carbocycles. The van der Waals surface area contributed by atoms with E-state index in [2.05, 4.69) is 19.2 Å². The number of hydrogen-bond acceptors (Lipinski definition) is 3. The number of aliphatic hydroxyl groups is 1. The minimum atomic E-state index is 0.342. The molecule has 1 heterocycles. The third-order valence-electron chi connectivity index (χ3n) is 4.65. The Labute approximate surface area is 111 Å². The molecule has 3 nitrogen and oxygen atoms in total. The molecule has 0 radical (unpaired) electrons. The second-order valence-electron chi connectivity index (χ2n) is 6.37. The van der Waals surface area contributed by atoms with E-state index in [4.69, 9.17) is 4.74 Å². The van der Waals surface area contributed by atoms with Crippen molar-refractivity contribution in [2.75, 3.05) is 13.2 Å². The Bertz CT molecular complexity index is 245. The molecule has 1 saturated heterocycles. The normalized spacial score (nSPS) is 38.0. The van der Waals surface area contributed by atoms with Crippen LogP contribution in [-0.4, -0.2) is 36.5 Å². The summed E-state index contributed by atoms with van der Waals surface area (Å²) < 4.78 is 5.82. The second kappa shape index (κ2) is 6.88. The van der Waals surface area contributed by atoms with Crippen LogP contribution in [0.1, 0.15) is 52.4 Å². The van der Waals surface area contributed by atoms with Gasteiger partial charge in [-0.25, -0.2) is 0 Å². The van der Waals surface area contributed by atoms with Crippen LogP contribution in [0.25, 0.3) is 0 Å². The van der Waals surface area contributed by atoms with Gasteiger partial charge in [0, 0.05) is 25.3 Å². The Morgan fingerprint density at radius 1 is 1.22 bits per heavy atom. The van der Waals surface area contributed by atoms with Gasteiger partial charge in [-0.2, -0.15) is 0 Å². The van der Waals surface area contributed by atoms with E-state index in [1.165, 1.54) is 25.7 Å². The molecule has 0 aromatic rings. The number of hydrogen-bond donors (Lipinski definition) is 2. The zero-order valence-electron chi connectivity index (χ0n) is 11.9. The van der Waals surface area contributed by atoms with Gasteiger partial charge < -0.3 is 15.2 Å². The molecule has 2 aliphatic rings. The van der Waals surface area contributed by atoms with Crippen LogP contribution in [0, 0.1) is 11.8 Å². The van der Waals surface area contributed by atoms with Crippen molar-refractivity contribution in [2.24, 2.45) is 11.8 Å². The van der Waals surface area contributed by atoms with E-state index >= 15 is 0 Å². The Morgan fingerprint density at radius 3 is 2.72 bits per heavy atom. The summed E-state index contributed by atoms with van der Waals surface area (Å²) in [7, 11) is 0. The Morgan fingerprint density at radius 2 is 2.00 bits per heavy atom. The maximum atomic E-state index is 9.47. The number of nitrogens with one attached hydrogen (secondary N) is 1. The highest BCUT2D eigenvalue weighted by Gasteiger charge is 2.30. The van der Waals surface area contributed by atoms with Gasteiger partial charge in [-0.3, -0.25) is 0 Å². The third-order valence-corrected chi connectivity index (χ3v) is 4.65. The molecule has 0 aromatic heterocycles. The molecule has 0 spiro atoms. The molecule has 1 saturated carbocycles. The van der Waals surface area contributed by atoms with Gasteiger partial charge in [-0.15, -0.1) is 0 Å². The van der Waals surface area contributed by atoms with Gasteiger partial charge in [-0.1, -0.05) is 26.7 Å². The summed E-state index contributed by atoms with van der Waals surface area (Å²) in [5.41, 5.74) is 0.